The third-order valence-electron chi connectivity index (χ3n) is 2.83. The van der Waals surface area contributed by atoms with Crippen LogP contribution in [0.15, 0.2) is 36.5 Å². The fourth-order valence-electron chi connectivity index (χ4n) is 1.73. The number of aryl methyl sites for hydroxylation is 1. The van der Waals surface area contributed by atoms with Gasteiger partial charge in [0.05, 0.1) is 30.3 Å². The lowest BCUT2D eigenvalue weighted by Crippen LogP contribution is -2.04. The second kappa shape index (κ2) is 6.01. The number of nitro groups is 1. The lowest BCUT2D eigenvalue weighted by atomic mass is 10.2. The van der Waals surface area contributed by atoms with E-state index in [-0.39, 0.29) is 5.69 Å². The molecule has 20 heavy (non-hydrogen) atoms. The van der Waals surface area contributed by atoms with Crippen molar-refractivity contribution in [2.24, 2.45) is 0 Å². The maximum absolute atomic E-state index is 11.0. The van der Waals surface area contributed by atoms with Gasteiger partial charge in [0.25, 0.3) is 5.69 Å². The van der Waals surface area contributed by atoms with Gasteiger partial charge in [0.15, 0.2) is 0 Å². The summed E-state index contributed by atoms with van der Waals surface area (Å²) in [6, 6.07) is 8.54. The van der Waals surface area contributed by atoms with Crippen LogP contribution in [0.2, 0.25) is 0 Å². The monoisotopic (exact) mass is 273 g/mol. The third kappa shape index (κ3) is 3.23. The van der Waals surface area contributed by atoms with Crippen molar-refractivity contribution < 1.29 is 9.66 Å². The molecule has 1 aromatic heterocycles. The molecule has 0 atom stereocenters. The second-order valence-corrected chi connectivity index (χ2v) is 4.32. The number of anilines is 1. The quantitative estimate of drug-likeness (QED) is 0.669. The van der Waals surface area contributed by atoms with E-state index in [9.17, 15) is 10.1 Å². The van der Waals surface area contributed by atoms with Gasteiger partial charge < -0.3 is 10.1 Å². The summed E-state index contributed by atoms with van der Waals surface area (Å²) >= 11 is 0. The van der Waals surface area contributed by atoms with Crippen LogP contribution in [-0.2, 0) is 6.54 Å². The first-order valence-electron chi connectivity index (χ1n) is 6.08. The van der Waals surface area contributed by atoms with E-state index in [1.165, 1.54) is 13.2 Å². The zero-order valence-electron chi connectivity index (χ0n) is 11.3. The minimum Gasteiger partial charge on any atom is -0.496 e. The van der Waals surface area contributed by atoms with Gasteiger partial charge in [-0.05, 0) is 30.7 Å². The van der Waals surface area contributed by atoms with Crippen LogP contribution in [0.1, 0.15) is 11.3 Å². The van der Waals surface area contributed by atoms with Crippen LogP contribution in [0.25, 0.3) is 0 Å². The van der Waals surface area contributed by atoms with Crippen LogP contribution in [0.4, 0.5) is 11.4 Å². The number of hydrogen-bond acceptors (Lipinski definition) is 5. The first kappa shape index (κ1) is 13.8. The van der Waals surface area contributed by atoms with Crippen LogP contribution in [0.3, 0.4) is 0 Å². The highest BCUT2D eigenvalue weighted by Crippen LogP contribution is 2.29. The number of nitrogens with one attached hydrogen (secondary N) is 1. The molecular formula is C14H15N3O3. The molecule has 0 unspecified atom stereocenters. The minimum absolute atomic E-state index is 0.0172. The fourth-order valence-corrected chi connectivity index (χ4v) is 1.73. The number of rotatable bonds is 5. The van der Waals surface area contributed by atoms with Crippen molar-refractivity contribution in [3.63, 3.8) is 0 Å². The van der Waals surface area contributed by atoms with Gasteiger partial charge in [0, 0.05) is 6.20 Å². The molecule has 0 radical (unpaired) electrons. The van der Waals surface area contributed by atoms with Crippen molar-refractivity contribution >= 4 is 11.4 Å². The Morgan fingerprint density at radius 3 is 2.75 bits per heavy atom. The van der Waals surface area contributed by atoms with E-state index in [0.717, 1.165) is 11.3 Å². The van der Waals surface area contributed by atoms with Gasteiger partial charge >= 0.3 is 0 Å². The Hall–Kier alpha value is -2.63. The first-order chi connectivity index (χ1) is 9.60. The van der Waals surface area contributed by atoms with Gasteiger partial charge in [-0.25, -0.2) is 0 Å². The smallest absolute Gasteiger partial charge is 0.296 e. The van der Waals surface area contributed by atoms with Crippen molar-refractivity contribution in [2.75, 3.05) is 12.4 Å². The molecule has 2 aromatic rings. The SMILES string of the molecule is COc1ccc(NCc2ccc(C)cn2)c([N+](=O)[O-])c1. The van der Waals surface area contributed by atoms with E-state index in [1.54, 1.807) is 18.3 Å². The molecule has 0 aliphatic heterocycles. The molecule has 0 amide bonds. The van der Waals surface area contributed by atoms with Crippen LogP contribution in [-0.4, -0.2) is 17.0 Å². The van der Waals surface area contributed by atoms with E-state index >= 15 is 0 Å². The number of methoxy groups -OCH3 is 1. The molecule has 6 nitrogen and oxygen atoms in total. The standard InChI is InChI=1S/C14H15N3O3/c1-10-3-4-11(15-8-10)9-16-13-6-5-12(20-2)7-14(13)17(18)19/h3-8,16H,9H2,1-2H3. The lowest BCUT2D eigenvalue weighted by molar-refractivity contribution is -0.384. The summed E-state index contributed by atoms with van der Waals surface area (Å²) in [5, 5.41) is 14.1. The summed E-state index contributed by atoms with van der Waals surface area (Å²) in [7, 11) is 1.47. The summed E-state index contributed by atoms with van der Waals surface area (Å²) in [5.41, 5.74) is 2.32. The minimum atomic E-state index is -0.437. The van der Waals surface area contributed by atoms with Crippen molar-refractivity contribution in [1.29, 1.82) is 0 Å². The normalized spacial score (nSPS) is 10.1. The Bertz CT molecular complexity index is 612. The van der Waals surface area contributed by atoms with Crippen LogP contribution < -0.4 is 10.1 Å². The Kier molecular flexibility index (Phi) is 4.14. The predicted octanol–water partition coefficient (Wildman–Crippen LogP) is 2.92. The molecular weight excluding hydrogens is 258 g/mol. The Balaban J connectivity index is 2.16. The van der Waals surface area contributed by atoms with Gasteiger partial charge in [-0.3, -0.25) is 15.1 Å². The Morgan fingerprint density at radius 2 is 2.15 bits per heavy atom. The first-order valence-corrected chi connectivity index (χ1v) is 6.08. The zero-order chi connectivity index (χ0) is 14.5. The molecule has 0 spiro atoms. The van der Waals surface area contributed by atoms with Crippen LogP contribution >= 0.6 is 0 Å². The van der Waals surface area contributed by atoms with Crippen LogP contribution in [0, 0.1) is 17.0 Å². The van der Waals surface area contributed by atoms with Gasteiger partial charge in [-0.15, -0.1) is 0 Å². The highest BCUT2D eigenvalue weighted by atomic mass is 16.6. The number of benzene rings is 1. The van der Waals surface area contributed by atoms with Crippen molar-refractivity contribution in [1.82, 2.24) is 4.98 Å². The number of ether oxygens (including phenoxy) is 1. The number of hydrogen-bond donors (Lipinski definition) is 1. The average Bonchev–Trinajstić information content (AvgIpc) is 2.46. The van der Waals surface area contributed by atoms with E-state index in [1.807, 2.05) is 19.1 Å². The van der Waals surface area contributed by atoms with E-state index in [0.29, 0.717) is 18.0 Å². The summed E-state index contributed by atoms with van der Waals surface area (Å²) in [6.07, 6.45) is 1.76. The molecule has 0 saturated heterocycles. The van der Waals surface area contributed by atoms with Crippen molar-refractivity contribution in [2.45, 2.75) is 13.5 Å². The van der Waals surface area contributed by atoms with Crippen molar-refractivity contribution in [3.8, 4) is 5.75 Å². The Labute approximate surface area is 116 Å². The third-order valence-corrected chi connectivity index (χ3v) is 2.83. The van der Waals surface area contributed by atoms with Gasteiger partial charge in [-0.1, -0.05) is 6.07 Å². The number of nitrogens with zero attached hydrogens (tertiary/aromatic N) is 2. The number of nitro benzene ring substituents is 1. The maximum atomic E-state index is 11.0. The number of aromatic nitrogens is 1. The van der Waals surface area contributed by atoms with Gasteiger partial charge in [-0.2, -0.15) is 0 Å². The number of pyridine rings is 1. The second-order valence-electron chi connectivity index (χ2n) is 4.32. The molecule has 2 rings (SSSR count). The zero-order valence-corrected chi connectivity index (χ0v) is 11.3. The largest absolute Gasteiger partial charge is 0.496 e. The molecule has 104 valence electrons. The average molecular weight is 273 g/mol. The highest BCUT2D eigenvalue weighted by molar-refractivity contribution is 5.63. The Morgan fingerprint density at radius 1 is 1.35 bits per heavy atom. The maximum Gasteiger partial charge on any atom is 0.296 e. The lowest BCUT2D eigenvalue weighted by Gasteiger charge is -2.08. The van der Waals surface area contributed by atoms with E-state index in [2.05, 4.69) is 10.3 Å². The van der Waals surface area contributed by atoms with Crippen LogP contribution in [0.5, 0.6) is 5.75 Å². The molecule has 1 N–H and O–H groups in total. The van der Waals surface area contributed by atoms with Crippen molar-refractivity contribution in [3.05, 3.63) is 57.9 Å². The summed E-state index contributed by atoms with van der Waals surface area (Å²) in [6.45, 7) is 2.38. The summed E-state index contributed by atoms with van der Waals surface area (Å²) in [4.78, 5) is 14.8. The summed E-state index contributed by atoms with van der Waals surface area (Å²) in [5.74, 6) is 0.454. The fraction of sp³-hybridized carbons (Fsp3) is 0.214. The van der Waals surface area contributed by atoms with E-state index < -0.39 is 4.92 Å². The molecule has 0 aliphatic rings. The molecule has 0 saturated carbocycles. The molecule has 0 aliphatic carbocycles. The van der Waals surface area contributed by atoms with Gasteiger partial charge in [0.1, 0.15) is 11.4 Å². The molecule has 1 aromatic carbocycles. The molecule has 0 bridgehead atoms. The predicted molar refractivity (Wildman–Crippen MR) is 75.9 cm³/mol. The molecule has 6 heteroatoms. The summed E-state index contributed by atoms with van der Waals surface area (Å²) < 4.78 is 4.99. The highest BCUT2D eigenvalue weighted by Gasteiger charge is 2.14. The topological polar surface area (TPSA) is 77.3 Å². The van der Waals surface area contributed by atoms with E-state index in [4.69, 9.17) is 4.74 Å². The molecule has 0 fully saturated rings. The van der Waals surface area contributed by atoms with Gasteiger partial charge in [0.2, 0.25) is 0 Å². The molecule has 1 heterocycles.